The minimum Gasteiger partial charge on any atom is -0.481 e. The van der Waals surface area contributed by atoms with Crippen molar-refractivity contribution in [2.24, 2.45) is 0 Å². The average Bonchev–Trinajstić information content (AvgIpc) is 2.41. The predicted molar refractivity (Wildman–Crippen MR) is 79.4 cm³/mol. The molecule has 1 atom stereocenters. The van der Waals surface area contributed by atoms with Gasteiger partial charge in [0, 0.05) is 0 Å². The molecular weight excluding hydrogens is 323 g/mol. The van der Waals surface area contributed by atoms with Crippen LogP contribution in [0, 0.1) is 12.7 Å². The van der Waals surface area contributed by atoms with Gasteiger partial charge >= 0.3 is 5.97 Å². The Morgan fingerprint density at radius 3 is 2.50 bits per heavy atom. The first-order valence-electron chi connectivity index (χ1n) is 6.21. The molecule has 0 saturated carbocycles. The van der Waals surface area contributed by atoms with Crippen molar-refractivity contribution < 1.29 is 14.3 Å². The molecule has 2 rings (SSSR count). The largest absolute Gasteiger partial charge is 0.481 e. The lowest BCUT2D eigenvalue weighted by Gasteiger charge is -2.14. The molecule has 0 aliphatic rings. The number of rotatable bonds is 4. The first-order valence-corrected chi connectivity index (χ1v) is 7.00. The second-order valence-corrected chi connectivity index (χ2v) is 5.51. The summed E-state index contributed by atoms with van der Waals surface area (Å²) in [5.41, 5.74) is 2.45. The Balaban J connectivity index is 2.33. The van der Waals surface area contributed by atoms with Crippen LogP contribution in [0.25, 0.3) is 0 Å². The van der Waals surface area contributed by atoms with Gasteiger partial charge in [-0.3, -0.25) is 4.79 Å². The van der Waals surface area contributed by atoms with E-state index in [9.17, 15) is 14.3 Å². The molecule has 104 valence electrons. The Morgan fingerprint density at radius 1 is 1.25 bits per heavy atom. The van der Waals surface area contributed by atoms with Crippen LogP contribution >= 0.6 is 15.9 Å². The summed E-state index contributed by atoms with van der Waals surface area (Å²) < 4.78 is 13.8. The maximum absolute atomic E-state index is 13.5. The molecule has 0 aliphatic heterocycles. The number of hydrogen-bond acceptors (Lipinski definition) is 1. The number of carboxylic acid groups (broad SMARTS) is 1. The summed E-state index contributed by atoms with van der Waals surface area (Å²) in [6.07, 6.45) is 0.247. The second-order valence-electron chi connectivity index (χ2n) is 4.72. The maximum atomic E-state index is 13.5. The molecule has 0 fully saturated rings. The molecule has 1 N–H and O–H groups in total. The van der Waals surface area contributed by atoms with Crippen LogP contribution < -0.4 is 0 Å². The lowest BCUT2D eigenvalue weighted by atomic mass is 9.91. The summed E-state index contributed by atoms with van der Waals surface area (Å²) in [5, 5.41) is 9.41. The smallest absolute Gasteiger partial charge is 0.311 e. The molecule has 0 radical (unpaired) electrons. The summed E-state index contributed by atoms with van der Waals surface area (Å²) in [6.45, 7) is 1.95. The van der Waals surface area contributed by atoms with Crippen molar-refractivity contribution >= 4 is 21.9 Å². The molecule has 0 spiro atoms. The molecule has 2 aromatic rings. The summed E-state index contributed by atoms with van der Waals surface area (Å²) in [7, 11) is 0. The van der Waals surface area contributed by atoms with E-state index in [4.69, 9.17) is 0 Å². The van der Waals surface area contributed by atoms with Crippen LogP contribution in [0.4, 0.5) is 4.39 Å². The van der Waals surface area contributed by atoms with Crippen molar-refractivity contribution in [3.8, 4) is 0 Å². The van der Waals surface area contributed by atoms with E-state index in [1.54, 1.807) is 24.3 Å². The van der Waals surface area contributed by atoms with Crippen LogP contribution in [0.1, 0.15) is 22.6 Å². The van der Waals surface area contributed by atoms with Crippen LogP contribution in [0.3, 0.4) is 0 Å². The highest BCUT2D eigenvalue weighted by molar-refractivity contribution is 9.10. The standard InChI is InChI=1S/C16H14BrFO2/c1-10-5-7-11(8-6-10)13(16(19)20)9-12-3-2-4-14(18)15(12)17/h2-8,13H,9H2,1H3,(H,19,20). The number of halogens is 2. The second kappa shape index (κ2) is 6.18. The number of carboxylic acids is 1. The average molecular weight is 337 g/mol. The molecule has 2 nitrogen and oxygen atoms in total. The van der Waals surface area contributed by atoms with E-state index in [0.29, 0.717) is 10.0 Å². The Labute approximate surface area is 125 Å². The summed E-state index contributed by atoms with van der Waals surface area (Å²) in [6, 6.07) is 12.0. The Hall–Kier alpha value is -1.68. The third-order valence-corrected chi connectivity index (χ3v) is 4.12. The number of aliphatic carboxylic acids is 1. The lowest BCUT2D eigenvalue weighted by Crippen LogP contribution is -2.15. The molecule has 20 heavy (non-hydrogen) atoms. The van der Waals surface area contributed by atoms with Crippen molar-refractivity contribution in [2.45, 2.75) is 19.3 Å². The third-order valence-electron chi connectivity index (χ3n) is 3.23. The molecular formula is C16H14BrFO2. The third kappa shape index (κ3) is 3.25. The predicted octanol–water partition coefficient (Wildman–Crippen LogP) is 4.31. The minimum absolute atomic E-state index is 0.247. The zero-order chi connectivity index (χ0) is 14.7. The van der Waals surface area contributed by atoms with E-state index in [0.717, 1.165) is 11.1 Å². The molecule has 1 unspecified atom stereocenters. The van der Waals surface area contributed by atoms with Gasteiger partial charge in [-0.25, -0.2) is 4.39 Å². The van der Waals surface area contributed by atoms with Gasteiger partial charge in [0.25, 0.3) is 0 Å². The fraction of sp³-hybridized carbons (Fsp3) is 0.188. The Kier molecular flexibility index (Phi) is 4.55. The highest BCUT2D eigenvalue weighted by Gasteiger charge is 2.21. The summed E-state index contributed by atoms with van der Waals surface area (Å²) >= 11 is 3.17. The number of benzene rings is 2. The fourth-order valence-corrected chi connectivity index (χ4v) is 2.50. The Morgan fingerprint density at radius 2 is 1.90 bits per heavy atom. The molecule has 2 aromatic carbocycles. The van der Waals surface area contributed by atoms with Crippen LogP contribution in [-0.2, 0) is 11.2 Å². The molecule has 0 heterocycles. The topological polar surface area (TPSA) is 37.3 Å². The van der Waals surface area contributed by atoms with E-state index in [-0.39, 0.29) is 12.2 Å². The van der Waals surface area contributed by atoms with Gasteiger partial charge in [-0.05, 0) is 46.5 Å². The quantitative estimate of drug-likeness (QED) is 0.903. The summed E-state index contributed by atoms with van der Waals surface area (Å²) in [4.78, 5) is 11.5. The van der Waals surface area contributed by atoms with Crippen molar-refractivity contribution in [2.75, 3.05) is 0 Å². The number of hydrogen-bond donors (Lipinski definition) is 1. The molecule has 0 saturated heterocycles. The van der Waals surface area contributed by atoms with Crippen molar-refractivity contribution in [3.05, 3.63) is 69.4 Å². The van der Waals surface area contributed by atoms with Crippen LogP contribution in [0.2, 0.25) is 0 Å². The molecule has 0 amide bonds. The van der Waals surface area contributed by atoms with Crippen LogP contribution in [-0.4, -0.2) is 11.1 Å². The van der Waals surface area contributed by atoms with Gasteiger partial charge in [0.2, 0.25) is 0 Å². The highest BCUT2D eigenvalue weighted by atomic mass is 79.9. The maximum Gasteiger partial charge on any atom is 0.311 e. The molecule has 0 aliphatic carbocycles. The zero-order valence-corrected chi connectivity index (χ0v) is 12.5. The summed E-state index contributed by atoms with van der Waals surface area (Å²) in [5.74, 6) is -1.98. The first kappa shape index (κ1) is 14.7. The minimum atomic E-state index is -0.912. The van der Waals surface area contributed by atoms with E-state index in [1.807, 2.05) is 19.1 Å². The van der Waals surface area contributed by atoms with Gasteiger partial charge in [0.05, 0.1) is 10.4 Å². The van der Waals surface area contributed by atoms with Gasteiger partial charge in [-0.2, -0.15) is 0 Å². The number of carbonyl (C=O) groups is 1. The van der Waals surface area contributed by atoms with Crippen LogP contribution in [0.5, 0.6) is 0 Å². The van der Waals surface area contributed by atoms with E-state index >= 15 is 0 Å². The zero-order valence-electron chi connectivity index (χ0n) is 10.9. The van der Waals surface area contributed by atoms with Gasteiger partial charge in [-0.1, -0.05) is 42.0 Å². The van der Waals surface area contributed by atoms with Crippen molar-refractivity contribution in [1.82, 2.24) is 0 Å². The lowest BCUT2D eigenvalue weighted by molar-refractivity contribution is -0.138. The van der Waals surface area contributed by atoms with Gasteiger partial charge in [0.1, 0.15) is 5.82 Å². The molecule has 0 bridgehead atoms. The van der Waals surface area contributed by atoms with Crippen molar-refractivity contribution in [1.29, 1.82) is 0 Å². The van der Waals surface area contributed by atoms with E-state index < -0.39 is 11.9 Å². The molecule has 0 aromatic heterocycles. The monoisotopic (exact) mass is 336 g/mol. The normalized spacial score (nSPS) is 12.2. The Bertz CT molecular complexity index is 623. The van der Waals surface area contributed by atoms with Gasteiger partial charge in [-0.15, -0.1) is 0 Å². The molecule has 4 heteroatoms. The SMILES string of the molecule is Cc1ccc(C(Cc2cccc(F)c2Br)C(=O)O)cc1. The van der Waals surface area contributed by atoms with E-state index in [2.05, 4.69) is 15.9 Å². The van der Waals surface area contributed by atoms with E-state index in [1.165, 1.54) is 6.07 Å². The van der Waals surface area contributed by atoms with Crippen molar-refractivity contribution in [3.63, 3.8) is 0 Å². The highest BCUT2D eigenvalue weighted by Crippen LogP contribution is 2.27. The first-order chi connectivity index (χ1) is 9.49. The fourth-order valence-electron chi connectivity index (χ4n) is 2.07. The van der Waals surface area contributed by atoms with Gasteiger partial charge < -0.3 is 5.11 Å². The van der Waals surface area contributed by atoms with Gasteiger partial charge in [0.15, 0.2) is 0 Å². The van der Waals surface area contributed by atoms with Crippen LogP contribution in [0.15, 0.2) is 46.9 Å². The number of aryl methyl sites for hydroxylation is 1.